The predicted octanol–water partition coefficient (Wildman–Crippen LogP) is 2.09. The zero-order valence-electron chi connectivity index (χ0n) is 12.8. The maximum atomic E-state index is 5.84. The van der Waals surface area contributed by atoms with Gasteiger partial charge in [-0.25, -0.2) is 0 Å². The van der Waals surface area contributed by atoms with Crippen LogP contribution in [-0.2, 0) is 4.74 Å². The molecule has 0 N–H and O–H groups in total. The van der Waals surface area contributed by atoms with Gasteiger partial charge in [0, 0.05) is 11.8 Å². The van der Waals surface area contributed by atoms with Gasteiger partial charge in [0.05, 0.1) is 17.9 Å². The molecule has 2 unspecified atom stereocenters. The van der Waals surface area contributed by atoms with Crippen LogP contribution >= 0.6 is 11.8 Å². The average molecular weight is 334 g/mol. The summed E-state index contributed by atoms with van der Waals surface area (Å²) in [4.78, 5) is 0. The van der Waals surface area contributed by atoms with E-state index in [4.69, 9.17) is 14.2 Å². The Kier molecular flexibility index (Phi) is 4.09. The fourth-order valence-corrected chi connectivity index (χ4v) is 3.71. The molecular formula is C15H18N4O3S. The van der Waals surface area contributed by atoms with Crippen LogP contribution in [0.25, 0.3) is 5.69 Å². The highest BCUT2D eigenvalue weighted by Gasteiger charge is 2.23. The minimum Gasteiger partial charge on any atom is -0.486 e. The molecule has 122 valence electrons. The number of hydrogen-bond donors (Lipinski definition) is 0. The second-order valence-corrected chi connectivity index (χ2v) is 6.65. The maximum absolute atomic E-state index is 5.84. The van der Waals surface area contributed by atoms with Crippen LogP contribution in [0.3, 0.4) is 0 Å². The number of ether oxygens (including phenoxy) is 3. The topological polar surface area (TPSA) is 71.3 Å². The lowest BCUT2D eigenvalue weighted by atomic mass is 10.2. The van der Waals surface area contributed by atoms with Crippen molar-refractivity contribution in [3.63, 3.8) is 0 Å². The lowest BCUT2D eigenvalue weighted by Crippen LogP contribution is -2.15. The quantitative estimate of drug-likeness (QED) is 0.793. The van der Waals surface area contributed by atoms with Gasteiger partial charge in [0.1, 0.15) is 13.2 Å². The summed E-state index contributed by atoms with van der Waals surface area (Å²) in [5.41, 5.74) is 0.863. The summed E-state index contributed by atoms with van der Waals surface area (Å²) >= 11 is 1.62. The number of tetrazole rings is 1. The van der Waals surface area contributed by atoms with Gasteiger partial charge in [-0.1, -0.05) is 11.8 Å². The second-order valence-electron chi connectivity index (χ2n) is 5.66. The predicted molar refractivity (Wildman–Crippen MR) is 84.4 cm³/mol. The standard InChI is InChI=1S/C15H18N4O3S/c1-10-2-4-12(22-10)9-23-15-16-17-18-19(15)11-3-5-13-14(8-11)21-7-6-20-13/h3,5,8,10,12H,2,4,6-7,9H2,1H3. The molecule has 2 atom stereocenters. The van der Waals surface area contributed by atoms with Gasteiger partial charge < -0.3 is 14.2 Å². The normalized spacial score (nSPS) is 23.2. The summed E-state index contributed by atoms with van der Waals surface area (Å²) in [6, 6.07) is 5.73. The number of nitrogens with zero attached hydrogens (tertiary/aromatic N) is 4. The highest BCUT2D eigenvalue weighted by atomic mass is 32.2. The Bertz CT molecular complexity index is 693. The zero-order valence-corrected chi connectivity index (χ0v) is 13.7. The Labute approximate surface area is 138 Å². The molecule has 0 amide bonds. The van der Waals surface area contributed by atoms with Gasteiger partial charge >= 0.3 is 0 Å². The monoisotopic (exact) mass is 334 g/mol. The molecule has 1 saturated heterocycles. The molecule has 2 aliphatic heterocycles. The largest absolute Gasteiger partial charge is 0.486 e. The fourth-order valence-electron chi connectivity index (χ4n) is 2.77. The number of fused-ring (bicyclic) bond motifs is 1. The summed E-state index contributed by atoms with van der Waals surface area (Å²) < 4.78 is 18.7. The Morgan fingerprint density at radius 2 is 2.09 bits per heavy atom. The molecule has 0 spiro atoms. The molecule has 8 heteroatoms. The minimum absolute atomic E-state index is 0.278. The summed E-state index contributed by atoms with van der Waals surface area (Å²) in [7, 11) is 0. The number of aromatic nitrogens is 4. The molecule has 1 aromatic heterocycles. The van der Waals surface area contributed by atoms with Gasteiger partial charge in [0.15, 0.2) is 11.5 Å². The fraction of sp³-hybridized carbons (Fsp3) is 0.533. The SMILES string of the molecule is CC1CCC(CSc2nnnn2-c2ccc3c(c2)OCCO3)O1. The van der Waals surface area contributed by atoms with Crippen molar-refractivity contribution in [3.8, 4) is 17.2 Å². The Balaban J connectivity index is 1.50. The molecule has 3 heterocycles. The van der Waals surface area contributed by atoms with E-state index in [0.717, 1.165) is 40.9 Å². The minimum atomic E-state index is 0.278. The van der Waals surface area contributed by atoms with E-state index in [9.17, 15) is 0 Å². The van der Waals surface area contributed by atoms with Gasteiger partial charge in [-0.2, -0.15) is 4.68 Å². The van der Waals surface area contributed by atoms with Crippen molar-refractivity contribution < 1.29 is 14.2 Å². The molecule has 4 rings (SSSR count). The zero-order chi connectivity index (χ0) is 15.6. The van der Waals surface area contributed by atoms with Crippen LogP contribution in [0.5, 0.6) is 11.5 Å². The van der Waals surface area contributed by atoms with Gasteiger partial charge in [-0.05, 0) is 42.3 Å². The van der Waals surface area contributed by atoms with E-state index in [0.29, 0.717) is 19.3 Å². The summed E-state index contributed by atoms with van der Waals surface area (Å²) in [6.45, 7) is 3.26. The molecule has 0 radical (unpaired) electrons. The first-order valence-corrected chi connectivity index (χ1v) is 8.75. The first kappa shape index (κ1) is 14.8. The van der Waals surface area contributed by atoms with Crippen LogP contribution in [-0.4, -0.2) is 51.4 Å². The van der Waals surface area contributed by atoms with Crippen molar-refractivity contribution in [2.24, 2.45) is 0 Å². The molecule has 0 bridgehead atoms. The second kappa shape index (κ2) is 6.37. The average Bonchev–Trinajstić information content (AvgIpc) is 3.21. The molecule has 2 aliphatic rings. The molecular weight excluding hydrogens is 316 g/mol. The summed E-state index contributed by atoms with van der Waals surface area (Å²) in [5, 5.41) is 12.8. The van der Waals surface area contributed by atoms with Crippen LogP contribution in [0, 0.1) is 0 Å². The highest BCUT2D eigenvalue weighted by Crippen LogP contribution is 2.33. The first-order chi connectivity index (χ1) is 11.3. The third kappa shape index (κ3) is 3.13. The van der Waals surface area contributed by atoms with Crippen LogP contribution in [0.1, 0.15) is 19.8 Å². The first-order valence-electron chi connectivity index (χ1n) is 7.76. The Morgan fingerprint density at radius 1 is 1.22 bits per heavy atom. The van der Waals surface area contributed by atoms with E-state index in [-0.39, 0.29) is 6.10 Å². The van der Waals surface area contributed by atoms with Crippen LogP contribution in [0.15, 0.2) is 23.4 Å². The Morgan fingerprint density at radius 3 is 2.91 bits per heavy atom. The molecule has 0 aliphatic carbocycles. The van der Waals surface area contributed by atoms with E-state index >= 15 is 0 Å². The van der Waals surface area contributed by atoms with Crippen LogP contribution < -0.4 is 9.47 Å². The maximum Gasteiger partial charge on any atom is 0.214 e. The molecule has 23 heavy (non-hydrogen) atoms. The number of hydrogen-bond acceptors (Lipinski definition) is 7. The Hall–Kier alpha value is -1.80. The lowest BCUT2D eigenvalue weighted by molar-refractivity contribution is 0.0699. The molecule has 0 saturated carbocycles. The van der Waals surface area contributed by atoms with E-state index in [1.54, 1.807) is 16.4 Å². The van der Waals surface area contributed by atoms with Gasteiger partial charge in [-0.15, -0.1) is 5.10 Å². The van der Waals surface area contributed by atoms with Crippen molar-refractivity contribution in [1.82, 2.24) is 20.2 Å². The number of rotatable bonds is 4. The third-order valence-corrected chi connectivity index (χ3v) is 4.98. The van der Waals surface area contributed by atoms with Crippen LogP contribution in [0.4, 0.5) is 0 Å². The summed E-state index contributed by atoms with van der Waals surface area (Å²) in [6.07, 6.45) is 2.85. The van der Waals surface area contributed by atoms with E-state index < -0.39 is 0 Å². The van der Waals surface area contributed by atoms with E-state index in [2.05, 4.69) is 22.4 Å². The van der Waals surface area contributed by atoms with Gasteiger partial charge in [0.2, 0.25) is 5.16 Å². The molecule has 7 nitrogen and oxygen atoms in total. The smallest absolute Gasteiger partial charge is 0.214 e. The lowest BCUT2D eigenvalue weighted by Gasteiger charge is -2.18. The van der Waals surface area contributed by atoms with Crippen molar-refractivity contribution in [2.75, 3.05) is 19.0 Å². The van der Waals surface area contributed by atoms with E-state index in [1.165, 1.54) is 0 Å². The number of thioether (sulfide) groups is 1. The van der Waals surface area contributed by atoms with E-state index in [1.807, 2.05) is 18.2 Å². The van der Waals surface area contributed by atoms with Gasteiger partial charge in [0.25, 0.3) is 0 Å². The third-order valence-electron chi connectivity index (χ3n) is 3.93. The molecule has 1 aromatic carbocycles. The van der Waals surface area contributed by atoms with Crippen molar-refractivity contribution in [3.05, 3.63) is 18.2 Å². The van der Waals surface area contributed by atoms with Gasteiger partial charge in [-0.3, -0.25) is 0 Å². The van der Waals surface area contributed by atoms with Crippen molar-refractivity contribution in [1.29, 1.82) is 0 Å². The molecule has 1 fully saturated rings. The van der Waals surface area contributed by atoms with Crippen molar-refractivity contribution >= 4 is 11.8 Å². The van der Waals surface area contributed by atoms with Crippen molar-refractivity contribution in [2.45, 2.75) is 37.1 Å². The molecule has 2 aromatic rings. The number of benzene rings is 1. The van der Waals surface area contributed by atoms with Crippen LogP contribution in [0.2, 0.25) is 0 Å². The highest BCUT2D eigenvalue weighted by molar-refractivity contribution is 7.99. The summed E-state index contributed by atoms with van der Waals surface area (Å²) in [5.74, 6) is 2.35.